The minimum Gasteiger partial charge on any atom is -0.548 e. The second-order valence-electron chi connectivity index (χ2n) is 3.91. The third kappa shape index (κ3) is 3.28. The molecular weight excluding hydrogens is 242 g/mol. The van der Waals surface area contributed by atoms with E-state index >= 15 is 0 Å². The summed E-state index contributed by atoms with van der Waals surface area (Å²) >= 11 is 0. The van der Waals surface area contributed by atoms with Gasteiger partial charge in [0, 0.05) is 0 Å². The van der Waals surface area contributed by atoms with Crippen LogP contribution in [0.5, 0.6) is 0 Å². The van der Waals surface area contributed by atoms with E-state index in [1.807, 2.05) is 11.6 Å². The molecule has 0 fully saturated rings. The highest BCUT2D eigenvalue weighted by molar-refractivity contribution is 7.89. The van der Waals surface area contributed by atoms with Crippen molar-refractivity contribution in [2.45, 2.75) is 31.7 Å². The van der Waals surface area contributed by atoms with E-state index in [0.717, 1.165) is 11.1 Å². The molecule has 1 aromatic rings. The highest BCUT2D eigenvalue weighted by Crippen LogP contribution is 2.14. The van der Waals surface area contributed by atoms with Crippen molar-refractivity contribution in [3.8, 4) is 0 Å². The van der Waals surface area contributed by atoms with Crippen LogP contribution in [0.15, 0.2) is 23.1 Å². The summed E-state index contributed by atoms with van der Waals surface area (Å²) < 4.78 is 25.6. The van der Waals surface area contributed by atoms with Gasteiger partial charge in [-0.3, -0.25) is 0 Å². The summed E-state index contributed by atoms with van der Waals surface area (Å²) in [5.41, 5.74) is 1.80. The molecule has 6 heteroatoms. The lowest BCUT2D eigenvalue weighted by Crippen LogP contribution is -2.45. The maximum absolute atomic E-state index is 11.8. The zero-order valence-corrected chi connectivity index (χ0v) is 10.7. The van der Waals surface area contributed by atoms with Crippen molar-refractivity contribution in [2.75, 3.05) is 0 Å². The van der Waals surface area contributed by atoms with Gasteiger partial charge in [0.05, 0.1) is 16.9 Å². The van der Waals surface area contributed by atoms with Crippen molar-refractivity contribution in [3.63, 3.8) is 0 Å². The topological polar surface area (TPSA) is 86.3 Å². The third-order valence-electron chi connectivity index (χ3n) is 2.47. The first kappa shape index (κ1) is 13.7. The van der Waals surface area contributed by atoms with E-state index < -0.39 is 22.0 Å². The smallest absolute Gasteiger partial charge is 0.241 e. The SMILES string of the molecule is Cc1ccc(S(=O)(=O)N[C@@H](C)C(=O)[O-])cc1C. The standard InChI is InChI=1S/C11H15NO4S/c1-7-4-5-10(6-8(7)2)17(15,16)12-9(3)11(13)14/h4-6,9,12H,1-3H3,(H,13,14)/p-1/t9-/m0/s1. The molecule has 5 nitrogen and oxygen atoms in total. The molecule has 0 unspecified atom stereocenters. The molecule has 1 N–H and O–H groups in total. The average molecular weight is 256 g/mol. The number of nitrogens with one attached hydrogen (secondary N) is 1. The van der Waals surface area contributed by atoms with E-state index in [1.165, 1.54) is 19.1 Å². The maximum Gasteiger partial charge on any atom is 0.241 e. The van der Waals surface area contributed by atoms with Crippen LogP contribution in [0.25, 0.3) is 0 Å². The number of benzene rings is 1. The highest BCUT2D eigenvalue weighted by atomic mass is 32.2. The maximum atomic E-state index is 11.8. The van der Waals surface area contributed by atoms with Crippen molar-refractivity contribution in [1.29, 1.82) is 0 Å². The first-order chi connectivity index (χ1) is 7.74. The fourth-order valence-corrected chi connectivity index (χ4v) is 2.51. The first-order valence-electron chi connectivity index (χ1n) is 5.04. The number of aliphatic carboxylic acids is 1. The quantitative estimate of drug-likeness (QED) is 0.802. The van der Waals surface area contributed by atoms with Gasteiger partial charge in [-0.25, -0.2) is 13.1 Å². The molecule has 1 rings (SSSR count). The number of rotatable bonds is 4. The lowest BCUT2D eigenvalue weighted by atomic mass is 10.1. The van der Waals surface area contributed by atoms with Crippen LogP contribution < -0.4 is 9.83 Å². The number of carbonyl (C=O) groups excluding carboxylic acids is 1. The normalized spacial score (nSPS) is 13.4. The highest BCUT2D eigenvalue weighted by Gasteiger charge is 2.18. The zero-order valence-electron chi connectivity index (χ0n) is 9.85. The molecule has 0 aromatic heterocycles. The van der Waals surface area contributed by atoms with Gasteiger partial charge in [0.2, 0.25) is 10.0 Å². The first-order valence-corrected chi connectivity index (χ1v) is 6.53. The molecule has 0 aliphatic heterocycles. The summed E-state index contributed by atoms with van der Waals surface area (Å²) in [6, 6.07) is 3.35. The Kier molecular flexibility index (Phi) is 3.90. The van der Waals surface area contributed by atoms with Gasteiger partial charge in [0.25, 0.3) is 0 Å². The Morgan fingerprint density at radius 1 is 1.29 bits per heavy atom. The van der Waals surface area contributed by atoms with E-state index in [1.54, 1.807) is 13.0 Å². The van der Waals surface area contributed by atoms with E-state index in [2.05, 4.69) is 0 Å². The van der Waals surface area contributed by atoms with Crippen molar-refractivity contribution in [1.82, 2.24) is 4.72 Å². The molecular formula is C11H14NO4S-. The van der Waals surface area contributed by atoms with Gasteiger partial charge in [-0.2, -0.15) is 0 Å². The number of hydrogen-bond donors (Lipinski definition) is 1. The van der Waals surface area contributed by atoms with E-state index in [0.29, 0.717) is 0 Å². The lowest BCUT2D eigenvalue weighted by Gasteiger charge is -2.15. The molecule has 0 heterocycles. The Morgan fingerprint density at radius 2 is 1.88 bits per heavy atom. The molecule has 1 aromatic carbocycles. The molecule has 0 amide bonds. The molecule has 0 saturated heterocycles. The predicted molar refractivity (Wildman–Crippen MR) is 60.7 cm³/mol. The van der Waals surface area contributed by atoms with Crippen molar-refractivity contribution in [2.24, 2.45) is 0 Å². The monoisotopic (exact) mass is 256 g/mol. The molecule has 0 radical (unpaired) electrons. The van der Waals surface area contributed by atoms with Gasteiger partial charge in [-0.1, -0.05) is 6.07 Å². The molecule has 0 bridgehead atoms. The molecule has 0 spiro atoms. The lowest BCUT2D eigenvalue weighted by molar-refractivity contribution is -0.307. The molecule has 94 valence electrons. The van der Waals surface area contributed by atoms with Crippen molar-refractivity contribution < 1.29 is 18.3 Å². The minimum atomic E-state index is -3.81. The molecule has 0 aliphatic rings. The Morgan fingerprint density at radius 3 is 2.35 bits per heavy atom. The Balaban J connectivity index is 3.05. The number of carboxylic acids is 1. The summed E-state index contributed by atoms with van der Waals surface area (Å²) in [5.74, 6) is -1.46. The van der Waals surface area contributed by atoms with Crippen LogP contribution in [0, 0.1) is 13.8 Å². The van der Waals surface area contributed by atoms with Crippen LogP contribution in [0.1, 0.15) is 18.1 Å². The Bertz CT molecular complexity index is 536. The van der Waals surface area contributed by atoms with Crippen LogP contribution in [0.3, 0.4) is 0 Å². The van der Waals surface area contributed by atoms with Gasteiger partial charge >= 0.3 is 0 Å². The average Bonchev–Trinajstić information content (AvgIpc) is 2.21. The summed E-state index contributed by atoms with van der Waals surface area (Å²) in [7, 11) is -3.81. The second kappa shape index (κ2) is 4.85. The summed E-state index contributed by atoms with van der Waals surface area (Å²) in [5, 5.41) is 10.5. The van der Waals surface area contributed by atoms with Crippen molar-refractivity contribution in [3.05, 3.63) is 29.3 Å². The summed E-state index contributed by atoms with van der Waals surface area (Å²) in [4.78, 5) is 10.5. The number of carbonyl (C=O) groups is 1. The number of sulfonamides is 1. The molecule has 1 atom stereocenters. The minimum absolute atomic E-state index is 0.0497. The van der Waals surface area contributed by atoms with Crippen LogP contribution >= 0.6 is 0 Å². The van der Waals surface area contributed by atoms with Crippen LogP contribution in [0.2, 0.25) is 0 Å². The Hall–Kier alpha value is -1.40. The van der Waals surface area contributed by atoms with E-state index in [4.69, 9.17) is 0 Å². The predicted octanol–water partition coefficient (Wildman–Crippen LogP) is -0.280. The van der Waals surface area contributed by atoms with Crippen LogP contribution in [-0.4, -0.2) is 20.4 Å². The second-order valence-corrected chi connectivity index (χ2v) is 5.62. The molecule has 17 heavy (non-hydrogen) atoms. The van der Waals surface area contributed by atoms with Crippen LogP contribution in [0.4, 0.5) is 0 Å². The fourth-order valence-electron chi connectivity index (χ4n) is 1.23. The van der Waals surface area contributed by atoms with Gasteiger partial charge in [0.15, 0.2) is 0 Å². The van der Waals surface area contributed by atoms with Gasteiger partial charge < -0.3 is 9.90 Å². The Labute approximate surface area is 101 Å². The van der Waals surface area contributed by atoms with E-state index in [-0.39, 0.29) is 4.90 Å². The summed E-state index contributed by atoms with van der Waals surface area (Å²) in [6.45, 7) is 4.87. The number of aryl methyl sites for hydroxylation is 2. The summed E-state index contributed by atoms with van der Waals surface area (Å²) in [6.07, 6.45) is 0. The van der Waals surface area contributed by atoms with Crippen molar-refractivity contribution >= 4 is 16.0 Å². The number of hydrogen-bond acceptors (Lipinski definition) is 4. The third-order valence-corrected chi connectivity index (χ3v) is 4.01. The van der Waals surface area contributed by atoms with Gasteiger partial charge in [0.1, 0.15) is 0 Å². The van der Waals surface area contributed by atoms with Gasteiger partial charge in [-0.05, 0) is 44.0 Å². The zero-order chi connectivity index (χ0) is 13.2. The van der Waals surface area contributed by atoms with E-state index in [9.17, 15) is 18.3 Å². The fraction of sp³-hybridized carbons (Fsp3) is 0.364. The largest absolute Gasteiger partial charge is 0.548 e. The van der Waals surface area contributed by atoms with Crippen LogP contribution in [-0.2, 0) is 14.8 Å². The number of carboxylic acid groups (broad SMARTS) is 1. The molecule has 0 saturated carbocycles. The van der Waals surface area contributed by atoms with Gasteiger partial charge in [-0.15, -0.1) is 0 Å². The molecule has 0 aliphatic carbocycles.